The monoisotopic (exact) mass is 418 g/mol. The summed E-state index contributed by atoms with van der Waals surface area (Å²) in [6.45, 7) is 0.208. The van der Waals surface area contributed by atoms with E-state index in [1.807, 2.05) is 6.07 Å². The predicted molar refractivity (Wildman–Crippen MR) is 114 cm³/mol. The molecule has 2 heterocycles. The van der Waals surface area contributed by atoms with Gasteiger partial charge in [-0.15, -0.1) is 0 Å². The standard InChI is InChI=1S/C24H22N2O5/c1-30-21-10-9-16(12-22(21)31-2)15-26-19-8-4-3-7-18(19)24(29,23(26)28)13-20(27)17-6-5-11-25-14-17/h3-12,14,29H,13,15H2,1-2H3/t24-/m0/s1. The number of aliphatic hydroxyl groups is 1. The number of nitrogens with zero attached hydrogens (tertiary/aromatic N) is 2. The molecule has 0 spiro atoms. The zero-order valence-corrected chi connectivity index (χ0v) is 17.2. The molecule has 0 fully saturated rings. The average molecular weight is 418 g/mol. The molecule has 1 aliphatic rings. The van der Waals surface area contributed by atoms with Gasteiger partial charge >= 0.3 is 0 Å². The second-order valence-corrected chi connectivity index (χ2v) is 7.30. The Bertz CT molecular complexity index is 1130. The number of aromatic nitrogens is 1. The summed E-state index contributed by atoms with van der Waals surface area (Å²) in [6.07, 6.45) is 2.63. The van der Waals surface area contributed by atoms with E-state index in [0.29, 0.717) is 28.3 Å². The van der Waals surface area contributed by atoms with Crippen molar-refractivity contribution in [3.8, 4) is 11.5 Å². The molecular weight excluding hydrogens is 396 g/mol. The van der Waals surface area contributed by atoms with Crippen LogP contribution in [-0.4, -0.2) is 36.0 Å². The lowest BCUT2D eigenvalue weighted by atomic mass is 9.88. The van der Waals surface area contributed by atoms with E-state index < -0.39 is 11.5 Å². The highest BCUT2D eigenvalue weighted by molar-refractivity contribution is 6.10. The predicted octanol–water partition coefficient (Wildman–Crippen LogP) is 3.11. The number of carbonyl (C=O) groups is 2. The number of ether oxygens (including phenoxy) is 2. The second-order valence-electron chi connectivity index (χ2n) is 7.30. The van der Waals surface area contributed by atoms with Gasteiger partial charge in [0, 0.05) is 23.5 Å². The molecule has 31 heavy (non-hydrogen) atoms. The number of rotatable bonds is 7. The summed E-state index contributed by atoms with van der Waals surface area (Å²) in [5.41, 5.74) is 0.185. The van der Waals surface area contributed by atoms with Gasteiger partial charge in [0.25, 0.3) is 5.91 Å². The fourth-order valence-corrected chi connectivity index (χ4v) is 3.86. The van der Waals surface area contributed by atoms with Crippen molar-refractivity contribution in [1.82, 2.24) is 4.98 Å². The van der Waals surface area contributed by atoms with Crippen molar-refractivity contribution in [3.63, 3.8) is 0 Å². The molecule has 1 amide bonds. The first-order chi connectivity index (χ1) is 15.0. The molecule has 0 unspecified atom stereocenters. The van der Waals surface area contributed by atoms with Crippen LogP contribution in [0.4, 0.5) is 5.69 Å². The highest BCUT2D eigenvalue weighted by atomic mass is 16.5. The average Bonchev–Trinajstić information content (AvgIpc) is 3.01. The summed E-state index contributed by atoms with van der Waals surface area (Å²) in [5.74, 6) is 0.229. The number of pyridine rings is 1. The summed E-state index contributed by atoms with van der Waals surface area (Å²) in [4.78, 5) is 31.6. The summed E-state index contributed by atoms with van der Waals surface area (Å²) in [6, 6.07) is 15.6. The molecule has 1 aromatic heterocycles. The molecule has 1 atom stereocenters. The molecule has 2 aromatic carbocycles. The van der Waals surface area contributed by atoms with Crippen LogP contribution in [0.25, 0.3) is 0 Å². The summed E-state index contributed by atoms with van der Waals surface area (Å²) >= 11 is 0. The summed E-state index contributed by atoms with van der Waals surface area (Å²) in [7, 11) is 3.10. The Morgan fingerprint density at radius 1 is 1.06 bits per heavy atom. The van der Waals surface area contributed by atoms with Gasteiger partial charge in [-0.25, -0.2) is 0 Å². The number of fused-ring (bicyclic) bond motifs is 1. The Labute approximate surface area is 179 Å². The van der Waals surface area contributed by atoms with E-state index in [-0.39, 0.29) is 18.7 Å². The normalized spacial score (nSPS) is 17.4. The second kappa shape index (κ2) is 8.20. The Morgan fingerprint density at radius 2 is 1.84 bits per heavy atom. The summed E-state index contributed by atoms with van der Waals surface area (Å²) < 4.78 is 10.6. The molecule has 1 aliphatic heterocycles. The third-order valence-electron chi connectivity index (χ3n) is 5.43. The zero-order valence-electron chi connectivity index (χ0n) is 17.2. The maximum atomic E-state index is 13.4. The van der Waals surface area contributed by atoms with Crippen LogP contribution in [0, 0.1) is 0 Å². The summed E-state index contributed by atoms with van der Waals surface area (Å²) in [5, 5.41) is 11.4. The minimum absolute atomic E-state index is 0.208. The number of benzene rings is 2. The number of methoxy groups -OCH3 is 2. The number of hydrogen-bond acceptors (Lipinski definition) is 6. The lowest BCUT2D eigenvalue weighted by Gasteiger charge is -2.23. The molecule has 7 nitrogen and oxygen atoms in total. The van der Waals surface area contributed by atoms with Crippen LogP contribution in [0.5, 0.6) is 11.5 Å². The molecule has 158 valence electrons. The Morgan fingerprint density at radius 3 is 2.55 bits per heavy atom. The van der Waals surface area contributed by atoms with E-state index in [1.165, 1.54) is 11.1 Å². The van der Waals surface area contributed by atoms with Crippen LogP contribution >= 0.6 is 0 Å². The number of Topliss-reactive ketones (excluding diaryl/α,β-unsaturated/α-hetero) is 1. The Kier molecular flexibility index (Phi) is 5.44. The molecule has 7 heteroatoms. The third kappa shape index (κ3) is 3.64. The van der Waals surface area contributed by atoms with Crippen LogP contribution in [0.3, 0.4) is 0 Å². The number of anilines is 1. The number of amides is 1. The maximum Gasteiger partial charge on any atom is 0.264 e. The van der Waals surface area contributed by atoms with Crippen LogP contribution in [-0.2, 0) is 16.9 Å². The van der Waals surface area contributed by atoms with Crippen molar-refractivity contribution in [3.05, 3.63) is 83.7 Å². The van der Waals surface area contributed by atoms with Crippen molar-refractivity contribution in [1.29, 1.82) is 0 Å². The minimum atomic E-state index is -1.94. The maximum absolute atomic E-state index is 13.4. The molecular formula is C24H22N2O5. The van der Waals surface area contributed by atoms with E-state index in [9.17, 15) is 14.7 Å². The smallest absolute Gasteiger partial charge is 0.264 e. The first kappa shape index (κ1) is 20.6. The molecule has 3 aromatic rings. The van der Waals surface area contributed by atoms with Gasteiger partial charge in [-0.2, -0.15) is 0 Å². The van der Waals surface area contributed by atoms with Crippen LogP contribution in [0.15, 0.2) is 67.0 Å². The van der Waals surface area contributed by atoms with Gasteiger partial charge in [0.15, 0.2) is 22.9 Å². The van der Waals surface area contributed by atoms with E-state index in [4.69, 9.17) is 9.47 Å². The van der Waals surface area contributed by atoms with Gasteiger partial charge in [-0.1, -0.05) is 24.3 Å². The largest absolute Gasteiger partial charge is 0.493 e. The van der Waals surface area contributed by atoms with Gasteiger partial charge in [0.2, 0.25) is 0 Å². The number of ketones is 1. The van der Waals surface area contributed by atoms with Crippen LogP contribution in [0.1, 0.15) is 27.9 Å². The van der Waals surface area contributed by atoms with Crippen molar-refractivity contribution in [2.45, 2.75) is 18.6 Å². The van der Waals surface area contributed by atoms with E-state index >= 15 is 0 Å². The Balaban J connectivity index is 1.67. The van der Waals surface area contributed by atoms with Gasteiger partial charge in [0.05, 0.1) is 32.9 Å². The highest BCUT2D eigenvalue weighted by Gasteiger charge is 2.50. The molecule has 4 rings (SSSR count). The molecule has 0 aliphatic carbocycles. The van der Waals surface area contributed by atoms with Gasteiger partial charge in [-0.05, 0) is 35.9 Å². The third-order valence-corrected chi connectivity index (χ3v) is 5.43. The lowest BCUT2D eigenvalue weighted by Crippen LogP contribution is -2.41. The lowest BCUT2D eigenvalue weighted by molar-refractivity contribution is -0.136. The van der Waals surface area contributed by atoms with Gasteiger partial charge in [-0.3, -0.25) is 14.6 Å². The molecule has 0 bridgehead atoms. The SMILES string of the molecule is COc1ccc(CN2C(=O)[C@](O)(CC(=O)c3cccnc3)c3ccccc32)cc1OC. The van der Waals surface area contributed by atoms with E-state index in [1.54, 1.807) is 68.9 Å². The highest BCUT2D eigenvalue weighted by Crippen LogP contribution is 2.43. The topological polar surface area (TPSA) is 89.0 Å². The number of para-hydroxylation sites is 1. The quantitative estimate of drug-likeness (QED) is 0.593. The number of carbonyl (C=O) groups excluding carboxylic acids is 2. The van der Waals surface area contributed by atoms with Crippen molar-refractivity contribution in [2.75, 3.05) is 19.1 Å². The van der Waals surface area contributed by atoms with Gasteiger partial charge < -0.3 is 19.5 Å². The van der Waals surface area contributed by atoms with Gasteiger partial charge in [0.1, 0.15) is 0 Å². The van der Waals surface area contributed by atoms with Crippen LogP contribution in [0.2, 0.25) is 0 Å². The minimum Gasteiger partial charge on any atom is -0.493 e. The fourth-order valence-electron chi connectivity index (χ4n) is 3.86. The first-order valence-corrected chi connectivity index (χ1v) is 9.76. The number of hydrogen-bond donors (Lipinski definition) is 1. The van der Waals surface area contributed by atoms with Crippen molar-refractivity contribution >= 4 is 17.4 Å². The molecule has 0 saturated carbocycles. The van der Waals surface area contributed by atoms with Crippen molar-refractivity contribution < 1.29 is 24.2 Å². The molecule has 0 saturated heterocycles. The first-order valence-electron chi connectivity index (χ1n) is 9.76. The molecule has 1 N–H and O–H groups in total. The van der Waals surface area contributed by atoms with Crippen molar-refractivity contribution in [2.24, 2.45) is 0 Å². The van der Waals surface area contributed by atoms with Crippen LogP contribution < -0.4 is 14.4 Å². The molecule has 0 radical (unpaired) electrons. The van der Waals surface area contributed by atoms with E-state index in [2.05, 4.69) is 4.98 Å². The Hall–Kier alpha value is -3.71. The van der Waals surface area contributed by atoms with E-state index in [0.717, 1.165) is 5.56 Å². The fraction of sp³-hybridized carbons (Fsp3) is 0.208. The zero-order chi connectivity index (χ0) is 22.0.